The molecule has 0 aliphatic heterocycles. The van der Waals surface area contributed by atoms with Crippen LogP contribution < -0.4 is 10.2 Å². The van der Waals surface area contributed by atoms with Gasteiger partial charge in [-0.3, -0.25) is 0 Å². The summed E-state index contributed by atoms with van der Waals surface area (Å²) >= 11 is 0. The predicted octanol–water partition coefficient (Wildman–Crippen LogP) is 3.84. The zero-order valence-electron chi connectivity index (χ0n) is 13.7. The lowest BCUT2D eigenvalue weighted by Crippen LogP contribution is -2.29. The Kier molecular flexibility index (Phi) is 8.28. The molecule has 1 aromatic rings. The Morgan fingerprint density at radius 2 is 1.90 bits per heavy atom. The minimum absolute atomic E-state index is 0.766. The Balaban J connectivity index is 2.59. The van der Waals surface area contributed by atoms with Gasteiger partial charge in [-0.05, 0) is 37.4 Å². The Morgan fingerprint density at radius 1 is 1.15 bits per heavy atom. The highest BCUT2D eigenvalue weighted by atomic mass is 15.2. The van der Waals surface area contributed by atoms with Crippen LogP contribution in [-0.4, -0.2) is 24.6 Å². The van der Waals surface area contributed by atoms with Crippen molar-refractivity contribution in [2.45, 2.75) is 53.5 Å². The molecule has 0 atom stereocenters. The molecule has 3 heteroatoms. The minimum atomic E-state index is 0.766. The van der Waals surface area contributed by atoms with Crippen molar-refractivity contribution in [1.82, 2.24) is 10.3 Å². The van der Waals surface area contributed by atoms with E-state index in [0.29, 0.717) is 0 Å². The molecule has 1 N–H and O–H groups in total. The largest absolute Gasteiger partial charge is 0.357 e. The molecule has 1 aromatic heterocycles. The van der Waals surface area contributed by atoms with E-state index in [0.717, 1.165) is 37.9 Å². The summed E-state index contributed by atoms with van der Waals surface area (Å²) in [6, 6.07) is 4.36. The molecule has 0 unspecified atom stereocenters. The zero-order chi connectivity index (χ0) is 14.8. The molecule has 0 spiro atoms. The number of pyridine rings is 1. The highest BCUT2D eigenvalue weighted by Crippen LogP contribution is 2.16. The van der Waals surface area contributed by atoms with Crippen LogP contribution in [0.5, 0.6) is 0 Å². The normalized spacial score (nSPS) is 11.1. The van der Waals surface area contributed by atoms with Gasteiger partial charge in [0.15, 0.2) is 0 Å². The van der Waals surface area contributed by atoms with E-state index in [2.05, 4.69) is 55.0 Å². The van der Waals surface area contributed by atoms with Gasteiger partial charge in [-0.25, -0.2) is 4.98 Å². The molecule has 0 aromatic carbocycles. The number of nitrogens with one attached hydrogen (secondary N) is 1. The molecule has 0 saturated heterocycles. The minimum Gasteiger partial charge on any atom is -0.357 e. The van der Waals surface area contributed by atoms with E-state index in [1.54, 1.807) is 0 Å². The van der Waals surface area contributed by atoms with Crippen LogP contribution in [0.25, 0.3) is 0 Å². The maximum atomic E-state index is 4.64. The van der Waals surface area contributed by atoms with E-state index < -0.39 is 0 Å². The third-order valence-electron chi connectivity index (χ3n) is 3.90. The van der Waals surface area contributed by atoms with Crippen molar-refractivity contribution >= 4 is 5.82 Å². The third-order valence-corrected chi connectivity index (χ3v) is 3.90. The van der Waals surface area contributed by atoms with Gasteiger partial charge in [0.1, 0.15) is 5.82 Å². The van der Waals surface area contributed by atoms with Gasteiger partial charge in [-0.1, -0.05) is 39.7 Å². The van der Waals surface area contributed by atoms with Gasteiger partial charge in [0.2, 0.25) is 0 Å². The van der Waals surface area contributed by atoms with Crippen molar-refractivity contribution < 1.29 is 0 Å². The fourth-order valence-corrected chi connectivity index (χ4v) is 2.36. The fourth-order valence-electron chi connectivity index (χ4n) is 2.36. The molecule has 3 nitrogen and oxygen atoms in total. The average molecular weight is 277 g/mol. The maximum Gasteiger partial charge on any atom is 0.128 e. The summed E-state index contributed by atoms with van der Waals surface area (Å²) < 4.78 is 0. The lowest BCUT2D eigenvalue weighted by Gasteiger charge is -2.26. The van der Waals surface area contributed by atoms with Crippen LogP contribution in [0, 0.1) is 5.92 Å². The van der Waals surface area contributed by atoms with Crippen molar-refractivity contribution in [3.05, 3.63) is 23.9 Å². The SMILES string of the molecule is CCCNCc1ccc(N(CC)CC(CC)CC)nc1. The third kappa shape index (κ3) is 5.49. The second kappa shape index (κ2) is 9.76. The predicted molar refractivity (Wildman–Crippen MR) is 88.2 cm³/mol. The monoisotopic (exact) mass is 277 g/mol. The molecule has 0 aliphatic rings. The lowest BCUT2D eigenvalue weighted by atomic mass is 10.0. The van der Waals surface area contributed by atoms with Crippen LogP contribution in [0.2, 0.25) is 0 Å². The van der Waals surface area contributed by atoms with Gasteiger partial charge in [-0.15, -0.1) is 0 Å². The Hall–Kier alpha value is -1.09. The number of rotatable bonds is 10. The van der Waals surface area contributed by atoms with Gasteiger partial charge < -0.3 is 10.2 Å². The van der Waals surface area contributed by atoms with Gasteiger partial charge in [0, 0.05) is 25.8 Å². The van der Waals surface area contributed by atoms with Gasteiger partial charge in [-0.2, -0.15) is 0 Å². The molecular weight excluding hydrogens is 246 g/mol. The Bertz CT molecular complexity index is 344. The highest BCUT2D eigenvalue weighted by Gasteiger charge is 2.11. The van der Waals surface area contributed by atoms with Crippen molar-refractivity contribution in [1.29, 1.82) is 0 Å². The Morgan fingerprint density at radius 3 is 2.40 bits per heavy atom. The van der Waals surface area contributed by atoms with E-state index in [-0.39, 0.29) is 0 Å². The molecule has 0 amide bonds. The second-order valence-corrected chi connectivity index (χ2v) is 5.42. The molecule has 0 radical (unpaired) electrons. The standard InChI is InChI=1S/C17H31N3/c1-5-11-18-12-16-9-10-17(19-13-16)20(8-4)14-15(6-2)7-3/h9-10,13,15,18H,5-8,11-12,14H2,1-4H3. The van der Waals surface area contributed by atoms with E-state index in [1.807, 2.05) is 6.20 Å². The first kappa shape index (κ1) is 17.0. The number of nitrogens with zero attached hydrogens (tertiary/aromatic N) is 2. The molecule has 20 heavy (non-hydrogen) atoms. The van der Waals surface area contributed by atoms with E-state index >= 15 is 0 Å². The first-order chi connectivity index (χ1) is 9.74. The molecule has 1 heterocycles. The van der Waals surface area contributed by atoms with E-state index in [4.69, 9.17) is 0 Å². The summed E-state index contributed by atoms with van der Waals surface area (Å²) in [5.74, 6) is 1.88. The van der Waals surface area contributed by atoms with E-state index in [9.17, 15) is 0 Å². The maximum absolute atomic E-state index is 4.64. The number of anilines is 1. The topological polar surface area (TPSA) is 28.2 Å². The van der Waals surface area contributed by atoms with Crippen LogP contribution >= 0.6 is 0 Å². The fraction of sp³-hybridized carbons (Fsp3) is 0.706. The van der Waals surface area contributed by atoms with Crippen LogP contribution in [0.3, 0.4) is 0 Å². The number of hydrogen-bond donors (Lipinski definition) is 1. The molecule has 0 fully saturated rings. The smallest absolute Gasteiger partial charge is 0.128 e. The highest BCUT2D eigenvalue weighted by molar-refractivity contribution is 5.39. The van der Waals surface area contributed by atoms with Gasteiger partial charge >= 0.3 is 0 Å². The summed E-state index contributed by atoms with van der Waals surface area (Å²) in [5, 5.41) is 3.41. The summed E-state index contributed by atoms with van der Waals surface area (Å²) in [6.07, 6.45) is 5.66. The lowest BCUT2D eigenvalue weighted by molar-refractivity contribution is 0.484. The van der Waals surface area contributed by atoms with Crippen molar-refractivity contribution in [3.8, 4) is 0 Å². The van der Waals surface area contributed by atoms with Crippen LogP contribution in [0.15, 0.2) is 18.3 Å². The van der Waals surface area contributed by atoms with Crippen molar-refractivity contribution in [3.63, 3.8) is 0 Å². The number of hydrogen-bond acceptors (Lipinski definition) is 3. The van der Waals surface area contributed by atoms with Crippen LogP contribution in [0.1, 0.15) is 52.5 Å². The Labute approximate surface area is 124 Å². The molecule has 1 rings (SSSR count). The van der Waals surface area contributed by atoms with Gasteiger partial charge in [0.25, 0.3) is 0 Å². The zero-order valence-corrected chi connectivity index (χ0v) is 13.7. The summed E-state index contributed by atoms with van der Waals surface area (Å²) in [7, 11) is 0. The van der Waals surface area contributed by atoms with E-state index in [1.165, 1.54) is 24.8 Å². The second-order valence-electron chi connectivity index (χ2n) is 5.42. The van der Waals surface area contributed by atoms with Crippen LogP contribution in [0.4, 0.5) is 5.82 Å². The van der Waals surface area contributed by atoms with Gasteiger partial charge in [0.05, 0.1) is 0 Å². The first-order valence-electron chi connectivity index (χ1n) is 8.15. The van der Waals surface area contributed by atoms with Crippen molar-refractivity contribution in [2.75, 3.05) is 24.5 Å². The molecule has 0 saturated carbocycles. The quantitative estimate of drug-likeness (QED) is 0.659. The molecule has 0 aliphatic carbocycles. The van der Waals surface area contributed by atoms with Crippen molar-refractivity contribution in [2.24, 2.45) is 5.92 Å². The first-order valence-corrected chi connectivity index (χ1v) is 8.15. The summed E-state index contributed by atoms with van der Waals surface area (Å²) in [5.41, 5.74) is 1.26. The summed E-state index contributed by atoms with van der Waals surface area (Å²) in [4.78, 5) is 7.03. The number of aromatic nitrogens is 1. The average Bonchev–Trinajstić information content (AvgIpc) is 2.50. The summed E-state index contributed by atoms with van der Waals surface area (Å²) in [6.45, 7) is 13.1. The van der Waals surface area contributed by atoms with Crippen LogP contribution in [-0.2, 0) is 6.54 Å². The molecule has 0 bridgehead atoms. The molecular formula is C17H31N3. The molecule has 114 valence electrons.